The minimum Gasteiger partial charge on any atom is -0.312 e. The smallest absolute Gasteiger partial charge is 0.142 e. The van der Waals surface area contributed by atoms with Crippen LogP contribution in [0.1, 0.15) is 16.5 Å². The number of hydrogen-bond acceptors (Lipinski definition) is 3. The zero-order chi connectivity index (χ0) is 12.3. The van der Waals surface area contributed by atoms with Gasteiger partial charge >= 0.3 is 0 Å². The summed E-state index contributed by atoms with van der Waals surface area (Å²) in [6.07, 6.45) is 2.55. The van der Waals surface area contributed by atoms with E-state index in [0.29, 0.717) is 6.42 Å². The zero-order valence-electron chi connectivity index (χ0n) is 9.28. The molecule has 1 N–H and O–H groups in total. The van der Waals surface area contributed by atoms with Crippen LogP contribution in [-0.4, -0.2) is 12.0 Å². The quantitative estimate of drug-likeness (QED) is 0.921. The number of rotatable bonds is 4. The Kier molecular flexibility index (Phi) is 4.10. The van der Waals surface area contributed by atoms with Gasteiger partial charge < -0.3 is 5.32 Å². The minimum absolute atomic E-state index is 0.156. The Balaban J connectivity index is 2.16. The molecule has 17 heavy (non-hydrogen) atoms. The molecule has 0 aliphatic carbocycles. The molecule has 1 heterocycles. The SMILES string of the molecule is CNC(Cc1ccc(Cl)c(F)c1)c1cncs1. The van der Waals surface area contributed by atoms with Crippen LogP contribution in [0, 0.1) is 5.82 Å². The van der Waals surface area contributed by atoms with Crippen LogP contribution < -0.4 is 5.32 Å². The van der Waals surface area contributed by atoms with Crippen molar-refractivity contribution in [1.29, 1.82) is 0 Å². The third-order valence-corrected chi connectivity index (χ3v) is 3.76. The lowest BCUT2D eigenvalue weighted by Gasteiger charge is -2.14. The van der Waals surface area contributed by atoms with E-state index >= 15 is 0 Å². The van der Waals surface area contributed by atoms with Crippen LogP contribution in [0.3, 0.4) is 0 Å². The molecule has 0 aliphatic heterocycles. The number of likely N-dealkylation sites (N-methyl/N-ethyl adjacent to an activating group) is 1. The first kappa shape index (κ1) is 12.5. The highest BCUT2D eigenvalue weighted by molar-refractivity contribution is 7.09. The van der Waals surface area contributed by atoms with Gasteiger partial charge in [-0.25, -0.2) is 4.39 Å². The summed E-state index contributed by atoms with van der Waals surface area (Å²) < 4.78 is 13.3. The first-order valence-corrected chi connectivity index (χ1v) is 6.46. The highest BCUT2D eigenvalue weighted by atomic mass is 35.5. The van der Waals surface area contributed by atoms with Crippen LogP contribution in [0.15, 0.2) is 29.9 Å². The first-order valence-electron chi connectivity index (χ1n) is 5.20. The predicted octanol–water partition coefficient (Wildman–Crippen LogP) is 3.44. The van der Waals surface area contributed by atoms with Crippen molar-refractivity contribution in [2.24, 2.45) is 0 Å². The van der Waals surface area contributed by atoms with Gasteiger partial charge in [-0.2, -0.15) is 0 Å². The van der Waals surface area contributed by atoms with E-state index in [2.05, 4.69) is 10.3 Å². The van der Waals surface area contributed by atoms with Gasteiger partial charge in [-0.05, 0) is 31.2 Å². The summed E-state index contributed by atoms with van der Waals surface area (Å²) in [5.41, 5.74) is 2.71. The van der Waals surface area contributed by atoms with E-state index < -0.39 is 0 Å². The Hall–Kier alpha value is -0.970. The highest BCUT2D eigenvalue weighted by Gasteiger charge is 2.12. The summed E-state index contributed by atoms with van der Waals surface area (Å²) >= 11 is 7.24. The van der Waals surface area contributed by atoms with Crippen LogP contribution in [0.5, 0.6) is 0 Å². The summed E-state index contributed by atoms with van der Waals surface area (Å²) in [6, 6.07) is 5.07. The van der Waals surface area contributed by atoms with Gasteiger partial charge in [0.15, 0.2) is 0 Å². The first-order chi connectivity index (χ1) is 8.20. The average molecular weight is 271 g/mol. The zero-order valence-corrected chi connectivity index (χ0v) is 10.9. The van der Waals surface area contributed by atoms with Crippen molar-refractivity contribution in [2.75, 3.05) is 7.05 Å². The molecule has 5 heteroatoms. The number of benzene rings is 1. The molecular weight excluding hydrogens is 259 g/mol. The normalized spacial score (nSPS) is 12.6. The minimum atomic E-state index is -0.372. The van der Waals surface area contributed by atoms with Crippen LogP contribution in [-0.2, 0) is 6.42 Å². The van der Waals surface area contributed by atoms with Gasteiger partial charge in [0.05, 0.1) is 10.5 Å². The number of nitrogens with one attached hydrogen (secondary N) is 1. The van der Waals surface area contributed by atoms with Crippen LogP contribution in [0.4, 0.5) is 4.39 Å². The predicted molar refractivity (Wildman–Crippen MR) is 69.0 cm³/mol. The maximum absolute atomic E-state index is 13.3. The Morgan fingerprint density at radius 3 is 2.94 bits per heavy atom. The fraction of sp³-hybridized carbons (Fsp3) is 0.250. The van der Waals surface area contributed by atoms with E-state index in [1.165, 1.54) is 6.07 Å². The van der Waals surface area contributed by atoms with Gasteiger partial charge in [0, 0.05) is 17.1 Å². The van der Waals surface area contributed by atoms with Gasteiger partial charge in [-0.3, -0.25) is 4.98 Å². The molecular formula is C12H12ClFN2S. The van der Waals surface area contributed by atoms with Crippen LogP contribution in [0.2, 0.25) is 5.02 Å². The summed E-state index contributed by atoms with van der Waals surface area (Å²) in [7, 11) is 1.89. The molecule has 2 rings (SSSR count). The van der Waals surface area contributed by atoms with Crippen molar-refractivity contribution in [3.8, 4) is 0 Å². The molecule has 0 bridgehead atoms. The molecule has 2 nitrogen and oxygen atoms in total. The van der Waals surface area contributed by atoms with Crippen LogP contribution >= 0.6 is 22.9 Å². The summed E-state index contributed by atoms with van der Waals surface area (Å²) in [6.45, 7) is 0. The second kappa shape index (κ2) is 5.58. The van der Waals surface area contributed by atoms with Gasteiger partial charge in [0.25, 0.3) is 0 Å². The molecule has 0 amide bonds. The maximum atomic E-state index is 13.3. The summed E-state index contributed by atoms with van der Waals surface area (Å²) in [5.74, 6) is -0.372. The van der Waals surface area contributed by atoms with Gasteiger partial charge in [0.1, 0.15) is 5.82 Å². The number of halogens is 2. The molecule has 2 aromatic rings. The largest absolute Gasteiger partial charge is 0.312 e. The van der Waals surface area contributed by atoms with Crippen molar-refractivity contribution in [1.82, 2.24) is 10.3 Å². The third kappa shape index (κ3) is 3.03. The molecule has 0 aliphatic rings. The van der Waals surface area contributed by atoms with Gasteiger partial charge in [0.2, 0.25) is 0 Å². The van der Waals surface area contributed by atoms with E-state index in [4.69, 9.17) is 11.6 Å². The van der Waals surface area contributed by atoms with Crippen molar-refractivity contribution < 1.29 is 4.39 Å². The fourth-order valence-corrected chi connectivity index (χ4v) is 2.49. The molecule has 0 saturated heterocycles. The lowest BCUT2D eigenvalue weighted by molar-refractivity contribution is 0.591. The van der Waals surface area contributed by atoms with Crippen molar-refractivity contribution in [3.63, 3.8) is 0 Å². The molecule has 1 aromatic carbocycles. The summed E-state index contributed by atoms with van der Waals surface area (Å²) in [5, 5.41) is 3.36. The third-order valence-electron chi connectivity index (χ3n) is 2.57. The van der Waals surface area contributed by atoms with E-state index in [1.807, 2.05) is 19.3 Å². The molecule has 0 saturated carbocycles. The monoisotopic (exact) mass is 270 g/mol. The van der Waals surface area contributed by atoms with E-state index in [-0.39, 0.29) is 16.9 Å². The van der Waals surface area contributed by atoms with Gasteiger partial charge in [-0.1, -0.05) is 17.7 Å². The maximum Gasteiger partial charge on any atom is 0.142 e. The number of thiazole rings is 1. The van der Waals surface area contributed by atoms with Crippen molar-refractivity contribution in [3.05, 3.63) is 51.2 Å². The molecule has 1 aromatic heterocycles. The topological polar surface area (TPSA) is 24.9 Å². The molecule has 1 atom stereocenters. The van der Waals surface area contributed by atoms with Crippen LogP contribution in [0.25, 0.3) is 0 Å². The number of aromatic nitrogens is 1. The number of nitrogens with zero attached hydrogens (tertiary/aromatic N) is 1. The lowest BCUT2D eigenvalue weighted by atomic mass is 10.1. The second-order valence-electron chi connectivity index (χ2n) is 3.70. The van der Waals surface area contributed by atoms with Crippen molar-refractivity contribution in [2.45, 2.75) is 12.5 Å². The molecule has 0 radical (unpaired) electrons. The lowest BCUT2D eigenvalue weighted by Crippen LogP contribution is -2.17. The van der Waals surface area contributed by atoms with E-state index in [1.54, 1.807) is 22.9 Å². The summed E-state index contributed by atoms with van der Waals surface area (Å²) in [4.78, 5) is 5.19. The molecule has 90 valence electrons. The Bertz CT molecular complexity index is 487. The Morgan fingerprint density at radius 1 is 1.53 bits per heavy atom. The van der Waals surface area contributed by atoms with E-state index in [0.717, 1.165) is 10.4 Å². The highest BCUT2D eigenvalue weighted by Crippen LogP contribution is 2.23. The second-order valence-corrected chi connectivity index (χ2v) is 5.02. The molecule has 1 unspecified atom stereocenters. The Labute approximate surface area is 108 Å². The Morgan fingerprint density at radius 2 is 2.35 bits per heavy atom. The average Bonchev–Trinajstić information content (AvgIpc) is 2.84. The van der Waals surface area contributed by atoms with E-state index in [9.17, 15) is 4.39 Å². The fourth-order valence-electron chi connectivity index (χ4n) is 1.64. The number of hydrogen-bond donors (Lipinski definition) is 1. The van der Waals surface area contributed by atoms with Crippen molar-refractivity contribution >= 4 is 22.9 Å². The molecule has 0 spiro atoms. The van der Waals surface area contributed by atoms with Gasteiger partial charge in [-0.15, -0.1) is 11.3 Å². The molecule has 0 fully saturated rings. The standard InChI is InChI=1S/C12H12ClFN2S/c1-15-11(12-6-16-7-17-12)5-8-2-3-9(13)10(14)4-8/h2-4,6-7,11,15H,5H2,1H3.